The Morgan fingerprint density at radius 3 is 2.55 bits per heavy atom. The maximum absolute atomic E-state index is 11.9. The van der Waals surface area contributed by atoms with Gasteiger partial charge in [0, 0.05) is 17.4 Å². The normalized spacial score (nSPS) is 23.1. The molecule has 2 aliphatic rings. The SMILES string of the molecule is CC(C)(C)OC(=O)COC/C=C1\CCCCC1(C)/C=C/C=C/C(O)CC1(CC#Cc2ccccc2)CCC1. The van der Waals surface area contributed by atoms with Crippen LogP contribution in [0.2, 0.25) is 0 Å². The third-order valence-corrected chi connectivity index (χ3v) is 7.65. The number of benzene rings is 1. The van der Waals surface area contributed by atoms with Crippen molar-refractivity contribution in [1.29, 1.82) is 0 Å². The summed E-state index contributed by atoms with van der Waals surface area (Å²) in [5.74, 6) is 6.30. The molecule has 0 aromatic heterocycles. The van der Waals surface area contributed by atoms with Crippen molar-refractivity contribution in [3.8, 4) is 11.8 Å². The molecule has 4 nitrogen and oxygen atoms in total. The fourth-order valence-corrected chi connectivity index (χ4v) is 5.41. The number of rotatable bonds is 10. The molecule has 0 bridgehead atoms. The second-order valence-electron chi connectivity index (χ2n) is 12.2. The lowest BCUT2D eigenvalue weighted by Gasteiger charge is -2.41. The summed E-state index contributed by atoms with van der Waals surface area (Å²) < 4.78 is 10.9. The van der Waals surface area contributed by atoms with Gasteiger partial charge in [0.25, 0.3) is 0 Å². The molecule has 1 N–H and O–H groups in total. The summed E-state index contributed by atoms with van der Waals surface area (Å²) in [4.78, 5) is 11.9. The monoisotopic (exact) mass is 518 g/mol. The van der Waals surface area contributed by atoms with Gasteiger partial charge in [0.15, 0.2) is 0 Å². The van der Waals surface area contributed by atoms with Crippen molar-refractivity contribution in [2.45, 2.75) is 97.2 Å². The first-order valence-corrected chi connectivity index (χ1v) is 14.2. The van der Waals surface area contributed by atoms with Gasteiger partial charge in [-0.3, -0.25) is 0 Å². The van der Waals surface area contributed by atoms with Crippen molar-refractivity contribution in [3.05, 3.63) is 71.8 Å². The van der Waals surface area contributed by atoms with Gasteiger partial charge in [0.05, 0.1) is 12.7 Å². The molecule has 0 aliphatic heterocycles. The molecular formula is C34H46O4. The Kier molecular flexibility index (Phi) is 11.0. The van der Waals surface area contributed by atoms with Crippen LogP contribution in [0.5, 0.6) is 0 Å². The van der Waals surface area contributed by atoms with Crippen molar-refractivity contribution >= 4 is 5.97 Å². The average molecular weight is 519 g/mol. The molecule has 2 fully saturated rings. The summed E-state index contributed by atoms with van der Waals surface area (Å²) in [7, 11) is 0. The molecule has 4 heteroatoms. The highest BCUT2D eigenvalue weighted by atomic mass is 16.6. The van der Waals surface area contributed by atoms with Gasteiger partial charge in [-0.1, -0.05) is 85.8 Å². The van der Waals surface area contributed by atoms with Crippen molar-refractivity contribution < 1.29 is 19.4 Å². The highest BCUT2D eigenvalue weighted by molar-refractivity contribution is 5.71. The molecule has 2 saturated carbocycles. The zero-order valence-corrected chi connectivity index (χ0v) is 23.8. The summed E-state index contributed by atoms with van der Waals surface area (Å²) in [6.45, 7) is 8.20. The molecule has 2 aliphatic carbocycles. The van der Waals surface area contributed by atoms with Gasteiger partial charge >= 0.3 is 5.97 Å². The van der Waals surface area contributed by atoms with E-state index in [0.29, 0.717) is 6.61 Å². The molecule has 2 unspecified atom stereocenters. The first-order chi connectivity index (χ1) is 18.1. The summed E-state index contributed by atoms with van der Waals surface area (Å²) in [5, 5.41) is 10.7. The number of aliphatic hydroxyl groups excluding tert-OH is 1. The largest absolute Gasteiger partial charge is 0.458 e. The molecule has 0 saturated heterocycles. The Morgan fingerprint density at radius 1 is 1.11 bits per heavy atom. The second-order valence-corrected chi connectivity index (χ2v) is 12.2. The van der Waals surface area contributed by atoms with E-state index in [1.54, 1.807) is 0 Å². The van der Waals surface area contributed by atoms with Gasteiger partial charge in [-0.25, -0.2) is 4.79 Å². The summed E-state index contributed by atoms with van der Waals surface area (Å²) >= 11 is 0. The van der Waals surface area contributed by atoms with Crippen LogP contribution in [0.1, 0.15) is 91.0 Å². The molecule has 206 valence electrons. The topological polar surface area (TPSA) is 55.8 Å². The fraction of sp³-hybridized carbons (Fsp3) is 0.559. The Labute approximate surface area is 230 Å². The fourth-order valence-electron chi connectivity index (χ4n) is 5.41. The lowest BCUT2D eigenvalue weighted by atomic mass is 9.64. The number of allylic oxidation sites excluding steroid dienone is 4. The zero-order chi connectivity index (χ0) is 27.5. The minimum atomic E-state index is -0.498. The third kappa shape index (κ3) is 9.93. The molecule has 38 heavy (non-hydrogen) atoms. The van der Waals surface area contributed by atoms with Crippen LogP contribution >= 0.6 is 0 Å². The summed E-state index contributed by atoms with van der Waals surface area (Å²) in [5.41, 5.74) is 2.00. The van der Waals surface area contributed by atoms with Gasteiger partial charge < -0.3 is 14.6 Å². The van der Waals surface area contributed by atoms with Gasteiger partial charge in [-0.2, -0.15) is 0 Å². The van der Waals surface area contributed by atoms with Crippen LogP contribution in [0, 0.1) is 22.7 Å². The van der Waals surface area contributed by atoms with E-state index in [1.165, 1.54) is 24.8 Å². The van der Waals surface area contributed by atoms with Crippen LogP contribution in [0.3, 0.4) is 0 Å². The van der Waals surface area contributed by atoms with Crippen molar-refractivity contribution in [2.24, 2.45) is 10.8 Å². The van der Waals surface area contributed by atoms with Crippen LogP contribution in [-0.4, -0.2) is 36.0 Å². The quantitative estimate of drug-likeness (QED) is 0.116. The standard InChI is InChI=1S/C34H46O4/c1-32(2,3)38-31(36)27-37-25-19-29-17-8-10-20-33(29,4)21-11-9-18-30(35)26-34(23-13-24-34)22-12-16-28-14-6-5-7-15-28/h5-7,9,11,14-15,18-19,21,30,35H,8,10,13,17,20,22-27H2,1-4H3/b18-9+,21-11+,29-19+. The molecular weight excluding hydrogens is 472 g/mol. The van der Waals surface area contributed by atoms with Crippen LogP contribution in [0.4, 0.5) is 0 Å². The lowest BCUT2D eigenvalue weighted by Crippen LogP contribution is -2.32. The second kappa shape index (κ2) is 14.0. The van der Waals surface area contributed by atoms with E-state index < -0.39 is 11.7 Å². The number of carbonyl (C=O) groups excluding carboxylic acids is 1. The summed E-state index contributed by atoms with van der Waals surface area (Å²) in [6, 6.07) is 10.1. The van der Waals surface area contributed by atoms with Gasteiger partial charge in [0.2, 0.25) is 0 Å². The molecule has 2 atom stereocenters. The average Bonchev–Trinajstić information content (AvgIpc) is 2.83. The number of esters is 1. The van der Waals surface area contributed by atoms with Crippen LogP contribution in [0.25, 0.3) is 0 Å². The summed E-state index contributed by atoms with van der Waals surface area (Å²) in [6.07, 6.45) is 19.5. The molecule has 3 rings (SSSR count). The Balaban J connectivity index is 1.49. The number of carbonyl (C=O) groups is 1. The van der Waals surface area contributed by atoms with Crippen LogP contribution < -0.4 is 0 Å². The highest BCUT2D eigenvalue weighted by Crippen LogP contribution is 2.47. The van der Waals surface area contributed by atoms with Gasteiger partial charge in [0.1, 0.15) is 12.2 Å². The molecule has 1 aromatic carbocycles. The highest BCUT2D eigenvalue weighted by Gasteiger charge is 2.37. The Morgan fingerprint density at radius 2 is 1.87 bits per heavy atom. The van der Waals surface area contributed by atoms with E-state index in [9.17, 15) is 9.90 Å². The maximum atomic E-state index is 11.9. The zero-order valence-electron chi connectivity index (χ0n) is 23.8. The first-order valence-electron chi connectivity index (χ1n) is 14.2. The van der Waals surface area contributed by atoms with Crippen molar-refractivity contribution in [1.82, 2.24) is 0 Å². The predicted molar refractivity (Wildman–Crippen MR) is 154 cm³/mol. The van der Waals surface area contributed by atoms with Crippen LogP contribution in [0.15, 0.2) is 66.3 Å². The molecule has 0 radical (unpaired) electrons. The Hall–Kier alpha value is -2.61. The third-order valence-electron chi connectivity index (χ3n) is 7.65. The van der Waals surface area contributed by atoms with Crippen molar-refractivity contribution in [3.63, 3.8) is 0 Å². The molecule has 0 amide bonds. The van der Waals surface area contributed by atoms with E-state index in [-0.39, 0.29) is 23.4 Å². The smallest absolute Gasteiger partial charge is 0.332 e. The van der Waals surface area contributed by atoms with E-state index in [4.69, 9.17) is 9.47 Å². The number of hydrogen-bond acceptors (Lipinski definition) is 4. The number of hydrogen-bond donors (Lipinski definition) is 1. The lowest BCUT2D eigenvalue weighted by molar-refractivity contribution is -0.159. The van der Waals surface area contributed by atoms with Crippen molar-refractivity contribution in [2.75, 3.05) is 13.2 Å². The van der Waals surface area contributed by atoms with E-state index >= 15 is 0 Å². The number of aliphatic hydroxyl groups is 1. The molecule has 1 aromatic rings. The van der Waals surface area contributed by atoms with Gasteiger partial charge in [-0.05, 0) is 76.8 Å². The minimum absolute atomic E-state index is 0.0342. The molecule has 0 heterocycles. The molecule has 0 spiro atoms. The first kappa shape index (κ1) is 29.9. The maximum Gasteiger partial charge on any atom is 0.332 e. The van der Waals surface area contributed by atoms with Crippen LogP contribution in [-0.2, 0) is 14.3 Å². The van der Waals surface area contributed by atoms with E-state index in [0.717, 1.165) is 44.1 Å². The van der Waals surface area contributed by atoms with E-state index in [1.807, 2.05) is 63.3 Å². The Bertz CT molecular complexity index is 1040. The van der Waals surface area contributed by atoms with Gasteiger partial charge in [-0.15, -0.1) is 0 Å². The predicted octanol–water partition coefficient (Wildman–Crippen LogP) is 7.33. The number of ether oxygens (including phenoxy) is 2. The minimum Gasteiger partial charge on any atom is -0.458 e. The van der Waals surface area contributed by atoms with E-state index in [2.05, 4.69) is 37.0 Å².